The minimum absolute atomic E-state index is 0.0825. The van der Waals surface area contributed by atoms with Crippen molar-refractivity contribution in [2.45, 2.75) is 56.2 Å². The van der Waals surface area contributed by atoms with Gasteiger partial charge in [0.2, 0.25) is 0 Å². The van der Waals surface area contributed by atoms with Gasteiger partial charge in [-0.1, -0.05) is 22.6 Å². The van der Waals surface area contributed by atoms with Crippen molar-refractivity contribution in [1.82, 2.24) is 10.2 Å². The van der Waals surface area contributed by atoms with E-state index in [2.05, 4.69) is 27.9 Å². The normalized spacial score (nSPS) is 16.4. The summed E-state index contributed by atoms with van der Waals surface area (Å²) in [6.07, 6.45) is 0.313. The Labute approximate surface area is 195 Å². The smallest absolute Gasteiger partial charge is 0.410 e. The summed E-state index contributed by atoms with van der Waals surface area (Å²) in [6.45, 7) is 8.08. The van der Waals surface area contributed by atoms with Gasteiger partial charge in [0.25, 0.3) is 5.91 Å². The molecule has 2 heterocycles. The number of carbonyl (C=O) groups is 2. The van der Waals surface area contributed by atoms with Gasteiger partial charge in [0.05, 0.1) is 11.2 Å². The van der Waals surface area contributed by atoms with Crippen molar-refractivity contribution in [3.63, 3.8) is 0 Å². The molecule has 8 nitrogen and oxygen atoms in total. The van der Waals surface area contributed by atoms with Crippen molar-refractivity contribution in [2.24, 2.45) is 0 Å². The molecular formula is C22H30IN3O5. The fourth-order valence-electron chi connectivity index (χ4n) is 3.63. The van der Waals surface area contributed by atoms with Crippen molar-refractivity contribution in [3.8, 4) is 0 Å². The minimum atomic E-state index is -1.09. The topological polar surface area (TPSA) is 118 Å². The highest BCUT2D eigenvalue weighted by Gasteiger charge is 2.36. The number of nitrogen functional groups attached to an aromatic ring is 1. The third-order valence-corrected chi connectivity index (χ3v) is 6.19. The molecule has 0 unspecified atom stereocenters. The van der Waals surface area contributed by atoms with E-state index in [9.17, 15) is 14.7 Å². The molecule has 2 aromatic rings. The summed E-state index contributed by atoms with van der Waals surface area (Å²) >= 11 is 2.21. The van der Waals surface area contributed by atoms with Crippen LogP contribution in [0.3, 0.4) is 0 Å². The van der Waals surface area contributed by atoms with Crippen molar-refractivity contribution in [1.29, 1.82) is 0 Å². The van der Waals surface area contributed by atoms with Gasteiger partial charge in [-0.15, -0.1) is 0 Å². The summed E-state index contributed by atoms with van der Waals surface area (Å²) in [7, 11) is 0. The molecule has 3 rings (SSSR count). The van der Waals surface area contributed by atoms with Gasteiger partial charge in [0.1, 0.15) is 16.9 Å². The number of amides is 2. The van der Waals surface area contributed by atoms with Crippen LogP contribution in [-0.2, 0) is 9.16 Å². The van der Waals surface area contributed by atoms with E-state index in [4.69, 9.17) is 14.9 Å². The number of piperidine rings is 1. The first kappa shape index (κ1) is 23.6. The fourth-order valence-corrected chi connectivity index (χ4v) is 4.26. The number of anilines is 1. The highest BCUT2D eigenvalue weighted by atomic mass is 127. The van der Waals surface area contributed by atoms with Gasteiger partial charge >= 0.3 is 6.09 Å². The number of hydrogen-bond donors (Lipinski definition) is 3. The molecule has 4 N–H and O–H groups in total. The Morgan fingerprint density at radius 1 is 1.32 bits per heavy atom. The van der Waals surface area contributed by atoms with E-state index < -0.39 is 11.2 Å². The number of likely N-dealkylation sites (tertiary alicyclic amines) is 1. The molecule has 170 valence electrons. The third-order valence-electron chi connectivity index (χ3n) is 5.37. The number of nitrogens with one attached hydrogen (secondary N) is 1. The van der Waals surface area contributed by atoms with Crippen molar-refractivity contribution in [2.75, 3.05) is 25.4 Å². The van der Waals surface area contributed by atoms with Crippen LogP contribution in [0.15, 0.2) is 16.5 Å². The number of carbonyl (C=O) groups excluding carboxylic acids is 2. The molecule has 0 atom stereocenters. The van der Waals surface area contributed by atoms with Gasteiger partial charge in [-0.05, 0) is 58.2 Å². The number of alkyl halides is 1. The lowest BCUT2D eigenvalue weighted by Gasteiger charge is -2.38. The maximum Gasteiger partial charge on any atom is 0.410 e. The van der Waals surface area contributed by atoms with Crippen molar-refractivity contribution < 1.29 is 23.8 Å². The molecule has 2 amide bonds. The van der Waals surface area contributed by atoms with Crippen LogP contribution >= 0.6 is 22.6 Å². The van der Waals surface area contributed by atoms with Crippen LogP contribution in [-0.4, -0.2) is 52.8 Å². The van der Waals surface area contributed by atoms with Gasteiger partial charge in [0, 0.05) is 35.1 Å². The Balaban J connectivity index is 1.66. The Kier molecular flexibility index (Phi) is 6.75. The van der Waals surface area contributed by atoms with Gasteiger partial charge in [0.15, 0.2) is 0 Å². The number of rotatable bonds is 4. The standard InChI is InChI=1S/C22H30IN3O5/c1-13-9-15-17(24)14(11-23)10-16(18(15)30-13)19(27)25-12-22(29)5-7-26(8-6-22)20(28)31-21(2,3)4/h9-10,29H,5-8,11-12,24H2,1-4H3,(H,25,27). The largest absolute Gasteiger partial charge is 0.460 e. The quantitative estimate of drug-likeness (QED) is 0.307. The van der Waals surface area contributed by atoms with Gasteiger partial charge < -0.3 is 30.2 Å². The molecule has 1 saturated heterocycles. The highest BCUT2D eigenvalue weighted by Crippen LogP contribution is 2.32. The Morgan fingerprint density at radius 2 is 1.97 bits per heavy atom. The predicted molar refractivity (Wildman–Crippen MR) is 127 cm³/mol. The van der Waals surface area contributed by atoms with Gasteiger partial charge in [-0.3, -0.25) is 4.79 Å². The molecule has 9 heteroatoms. The lowest BCUT2D eigenvalue weighted by Crippen LogP contribution is -2.52. The first-order chi connectivity index (χ1) is 14.4. The molecule has 0 saturated carbocycles. The summed E-state index contributed by atoms with van der Waals surface area (Å²) in [4.78, 5) is 26.8. The molecule has 1 aromatic carbocycles. The van der Waals surface area contributed by atoms with Crippen molar-refractivity contribution in [3.05, 3.63) is 29.0 Å². The van der Waals surface area contributed by atoms with Crippen LogP contribution in [0.5, 0.6) is 0 Å². The number of benzene rings is 1. The van der Waals surface area contributed by atoms with Crippen LogP contribution in [0.4, 0.5) is 10.5 Å². The van der Waals surface area contributed by atoms with Crippen LogP contribution in [0.2, 0.25) is 0 Å². The molecule has 1 aliphatic rings. The number of aryl methyl sites for hydroxylation is 1. The lowest BCUT2D eigenvalue weighted by atomic mass is 9.91. The minimum Gasteiger partial charge on any atom is -0.460 e. The van der Waals surface area contributed by atoms with E-state index in [-0.39, 0.29) is 18.5 Å². The number of nitrogens with two attached hydrogens (primary N) is 1. The first-order valence-electron chi connectivity index (χ1n) is 10.3. The Morgan fingerprint density at radius 3 is 2.55 bits per heavy atom. The molecule has 1 aliphatic heterocycles. The average molecular weight is 543 g/mol. The Hall–Kier alpha value is -2.01. The van der Waals surface area contributed by atoms with Gasteiger partial charge in [-0.25, -0.2) is 4.79 Å². The lowest BCUT2D eigenvalue weighted by molar-refractivity contribution is -0.0303. The molecule has 0 spiro atoms. The second-order valence-electron chi connectivity index (χ2n) is 9.10. The zero-order chi connectivity index (χ0) is 23.0. The summed E-state index contributed by atoms with van der Waals surface area (Å²) in [5.74, 6) is 0.350. The summed E-state index contributed by atoms with van der Waals surface area (Å²) in [5.41, 5.74) is 6.90. The van der Waals surface area contributed by atoms with E-state index in [1.165, 1.54) is 0 Å². The molecule has 0 bridgehead atoms. The SMILES string of the molecule is Cc1cc2c(N)c(CI)cc(C(=O)NCC3(O)CCN(C(=O)OC(C)(C)C)CC3)c2o1. The zero-order valence-electron chi connectivity index (χ0n) is 18.4. The number of aliphatic hydroxyl groups is 1. The number of hydrogen-bond acceptors (Lipinski definition) is 6. The van der Waals surface area contributed by atoms with E-state index in [1.54, 1.807) is 11.0 Å². The second kappa shape index (κ2) is 8.85. The second-order valence-corrected chi connectivity index (χ2v) is 9.87. The Bertz CT molecular complexity index is 987. The fraction of sp³-hybridized carbons (Fsp3) is 0.545. The van der Waals surface area contributed by atoms with Crippen LogP contribution in [0.25, 0.3) is 11.0 Å². The average Bonchev–Trinajstić information content (AvgIpc) is 3.08. The number of fused-ring (bicyclic) bond motifs is 1. The number of nitrogens with zero attached hydrogens (tertiary/aromatic N) is 1. The third kappa shape index (κ3) is 5.43. The summed E-state index contributed by atoms with van der Waals surface area (Å²) in [6, 6.07) is 3.58. The summed E-state index contributed by atoms with van der Waals surface area (Å²) < 4.78 is 11.8. The van der Waals surface area contributed by atoms with Crippen LogP contribution in [0.1, 0.15) is 55.3 Å². The molecule has 0 radical (unpaired) electrons. The molecule has 31 heavy (non-hydrogen) atoms. The number of halogens is 1. The van der Waals surface area contributed by atoms with Crippen molar-refractivity contribution >= 4 is 51.2 Å². The molecule has 0 aliphatic carbocycles. The summed E-state index contributed by atoms with van der Waals surface area (Å²) in [5, 5.41) is 14.5. The van der Waals surface area contributed by atoms with E-state index in [0.717, 1.165) is 10.9 Å². The van der Waals surface area contributed by atoms with Crippen LogP contribution < -0.4 is 11.1 Å². The van der Waals surface area contributed by atoms with Gasteiger partial charge in [-0.2, -0.15) is 0 Å². The molecule has 1 fully saturated rings. The predicted octanol–water partition coefficient (Wildman–Crippen LogP) is 3.75. The maximum atomic E-state index is 13.0. The molecular weight excluding hydrogens is 513 g/mol. The van der Waals surface area contributed by atoms with E-state index >= 15 is 0 Å². The maximum absolute atomic E-state index is 13.0. The zero-order valence-corrected chi connectivity index (χ0v) is 20.5. The van der Waals surface area contributed by atoms with E-state index in [0.29, 0.717) is 53.0 Å². The monoisotopic (exact) mass is 543 g/mol. The van der Waals surface area contributed by atoms with E-state index in [1.807, 2.05) is 33.8 Å². The molecule has 1 aromatic heterocycles. The number of furan rings is 1. The highest BCUT2D eigenvalue weighted by molar-refractivity contribution is 14.1. The number of ether oxygens (including phenoxy) is 1. The van der Waals surface area contributed by atoms with Crippen LogP contribution in [0, 0.1) is 6.92 Å². The first-order valence-corrected chi connectivity index (χ1v) is 11.8.